The first-order chi connectivity index (χ1) is 9.24. The number of benzene rings is 2. The number of hydrogen-bond acceptors (Lipinski definition) is 2. The minimum Gasteiger partial charge on any atom is -0.492 e. The minimum absolute atomic E-state index is 0.111. The van der Waals surface area contributed by atoms with Crippen molar-refractivity contribution in [3.8, 4) is 11.8 Å². The summed E-state index contributed by atoms with van der Waals surface area (Å²) < 4.78 is 6.93. The molecule has 1 fully saturated rings. The van der Waals surface area contributed by atoms with Crippen LogP contribution in [-0.2, 0) is 0 Å². The van der Waals surface area contributed by atoms with Crippen LogP contribution in [0.4, 0.5) is 0 Å². The molecule has 1 saturated carbocycles. The Morgan fingerprint density at radius 2 is 2.00 bits per heavy atom. The monoisotopic (exact) mass is 315 g/mol. The van der Waals surface area contributed by atoms with Gasteiger partial charge in [-0.3, -0.25) is 0 Å². The molecule has 0 spiro atoms. The Hall–Kier alpha value is -1.53. The van der Waals surface area contributed by atoms with Crippen LogP contribution in [0, 0.1) is 16.7 Å². The zero-order valence-electron chi connectivity index (χ0n) is 10.5. The third-order valence-corrected chi connectivity index (χ3v) is 4.59. The molecule has 0 amide bonds. The quantitative estimate of drug-likeness (QED) is 0.821. The molecule has 2 aromatic carbocycles. The molecule has 1 aliphatic rings. The van der Waals surface area contributed by atoms with Crippen LogP contribution in [0.3, 0.4) is 0 Å². The Bertz CT molecular complexity index is 655. The third kappa shape index (κ3) is 2.46. The molecule has 3 heteroatoms. The molecule has 3 rings (SSSR count). The van der Waals surface area contributed by atoms with E-state index in [0.717, 1.165) is 28.5 Å². The summed E-state index contributed by atoms with van der Waals surface area (Å²) in [5.41, 5.74) is 0.111. The van der Waals surface area contributed by atoms with Crippen LogP contribution in [0.15, 0.2) is 40.9 Å². The Morgan fingerprint density at radius 3 is 2.74 bits per heavy atom. The van der Waals surface area contributed by atoms with E-state index in [1.165, 1.54) is 5.39 Å². The maximum atomic E-state index is 8.82. The number of hydrogen-bond donors (Lipinski definition) is 0. The SMILES string of the molecule is N#CCC1(COc2ccc3ccccc3c2Br)CC1. The van der Waals surface area contributed by atoms with Crippen molar-refractivity contribution in [2.24, 2.45) is 5.41 Å². The lowest BCUT2D eigenvalue weighted by Gasteiger charge is -2.15. The lowest BCUT2D eigenvalue weighted by molar-refractivity contribution is 0.236. The van der Waals surface area contributed by atoms with Gasteiger partial charge in [0, 0.05) is 11.8 Å². The number of nitriles is 1. The highest BCUT2D eigenvalue weighted by Crippen LogP contribution is 2.49. The summed E-state index contributed by atoms with van der Waals surface area (Å²) in [5, 5.41) is 11.2. The number of rotatable bonds is 4. The predicted molar refractivity (Wildman–Crippen MR) is 79.0 cm³/mol. The molecular formula is C16H14BrNO. The van der Waals surface area contributed by atoms with Crippen molar-refractivity contribution < 1.29 is 4.74 Å². The van der Waals surface area contributed by atoms with Crippen molar-refractivity contribution in [3.63, 3.8) is 0 Å². The van der Waals surface area contributed by atoms with Gasteiger partial charge in [-0.25, -0.2) is 0 Å². The largest absolute Gasteiger partial charge is 0.492 e. The highest BCUT2D eigenvalue weighted by Gasteiger charge is 2.43. The first-order valence-corrected chi connectivity index (χ1v) is 7.20. The van der Waals surface area contributed by atoms with Crippen molar-refractivity contribution in [2.75, 3.05) is 6.61 Å². The lowest BCUT2D eigenvalue weighted by atomic mass is 10.1. The zero-order valence-corrected chi connectivity index (χ0v) is 12.1. The second-order valence-electron chi connectivity index (χ2n) is 5.22. The highest BCUT2D eigenvalue weighted by atomic mass is 79.9. The summed E-state index contributed by atoms with van der Waals surface area (Å²) in [4.78, 5) is 0. The van der Waals surface area contributed by atoms with Gasteiger partial charge in [0.2, 0.25) is 0 Å². The van der Waals surface area contributed by atoms with Crippen LogP contribution < -0.4 is 4.74 Å². The van der Waals surface area contributed by atoms with Crippen LogP contribution in [0.25, 0.3) is 10.8 Å². The summed E-state index contributed by atoms with van der Waals surface area (Å²) in [6.45, 7) is 0.636. The van der Waals surface area contributed by atoms with E-state index in [9.17, 15) is 0 Å². The normalized spacial score (nSPS) is 16.0. The van der Waals surface area contributed by atoms with Gasteiger partial charge in [0.25, 0.3) is 0 Å². The first-order valence-electron chi connectivity index (χ1n) is 6.41. The molecule has 0 radical (unpaired) electrons. The second kappa shape index (κ2) is 4.86. The number of fused-ring (bicyclic) bond motifs is 1. The van der Waals surface area contributed by atoms with Gasteiger partial charge in [0.1, 0.15) is 5.75 Å². The Morgan fingerprint density at radius 1 is 1.21 bits per heavy atom. The van der Waals surface area contributed by atoms with E-state index < -0.39 is 0 Å². The average Bonchev–Trinajstić information content (AvgIpc) is 3.19. The summed E-state index contributed by atoms with van der Waals surface area (Å²) in [6.07, 6.45) is 2.80. The molecule has 0 bridgehead atoms. The van der Waals surface area contributed by atoms with Crippen molar-refractivity contribution in [1.82, 2.24) is 0 Å². The van der Waals surface area contributed by atoms with Crippen molar-refractivity contribution in [3.05, 3.63) is 40.9 Å². The van der Waals surface area contributed by atoms with Gasteiger partial charge in [-0.2, -0.15) is 5.26 Å². The molecule has 0 N–H and O–H groups in total. The molecule has 0 unspecified atom stereocenters. The maximum Gasteiger partial charge on any atom is 0.134 e. The molecule has 0 aromatic heterocycles. The van der Waals surface area contributed by atoms with Crippen LogP contribution in [0.5, 0.6) is 5.75 Å². The van der Waals surface area contributed by atoms with E-state index in [1.807, 2.05) is 18.2 Å². The molecule has 96 valence electrons. The van der Waals surface area contributed by atoms with Gasteiger partial charge in [0.15, 0.2) is 0 Å². The summed E-state index contributed by atoms with van der Waals surface area (Å²) in [7, 11) is 0. The molecule has 2 aromatic rings. The first kappa shape index (κ1) is 12.5. The van der Waals surface area contributed by atoms with Gasteiger partial charge < -0.3 is 4.74 Å². The molecule has 2 nitrogen and oxygen atoms in total. The fourth-order valence-corrected chi connectivity index (χ4v) is 2.88. The van der Waals surface area contributed by atoms with E-state index in [1.54, 1.807) is 0 Å². The van der Waals surface area contributed by atoms with Crippen LogP contribution in [-0.4, -0.2) is 6.61 Å². The van der Waals surface area contributed by atoms with E-state index in [0.29, 0.717) is 13.0 Å². The minimum atomic E-state index is 0.111. The maximum absolute atomic E-state index is 8.82. The predicted octanol–water partition coefficient (Wildman–Crippen LogP) is 4.67. The smallest absolute Gasteiger partial charge is 0.134 e. The van der Waals surface area contributed by atoms with Crippen molar-refractivity contribution >= 4 is 26.7 Å². The van der Waals surface area contributed by atoms with Gasteiger partial charge in [-0.1, -0.05) is 30.3 Å². The van der Waals surface area contributed by atoms with E-state index >= 15 is 0 Å². The van der Waals surface area contributed by atoms with Gasteiger partial charge in [-0.05, 0) is 45.6 Å². The number of ether oxygens (including phenoxy) is 1. The Kier molecular flexibility index (Phi) is 3.20. The number of halogens is 1. The highest BCUT2D eigenvalue weighted by molar-refractivity contribution is 9.10. The number of nitrogens with zero attached hydrogens (tertiary/aromatic N) is 1. The van der Waals surface area contributed by atoms with E-state index in [-0.39, 0.29) is 5.41 Å². The topological polar surface area (TPSA) is 33.0 Å². The van der Waals surface area contributed by atoms with Gasteiger partial charge >= 0.3 is 0 Å². The van der Waals surface area contributed by atoms with Crippen LogP contribution in [0.2, 0.25) is 0 Å². The van der Waals surface area contributed by atoms with Crippen molar-refractivity contribution in [2.45, 2.75) is 19.3 Å². The lowest BCUT2D eigenvalue weighted by Crippen LogP contribution is -2.12. The van der Waals surface area contributed by atoms with Crippen molar-refractivity contribution in [1.29, 1.82) is 5.26 Å². The second-order valence-corrected chi connectivity index (χ2v) is 6.02. The standard InChI is InChI=1S/C16H14BrNO/c17-15-13-4-2-1-3-12(13)5-6-14(15)19-11-16(7-8-16)9-10-18/h1-6H,7-9,11H2. The molecule has 0 saturated heterocycles. The van der Waals surface area contributed by atoms with Crippen LogP contribution >= 0.6 is 15.9 Å². The zero-order chi connectivity index (χ0) is 13.3. The fourth-order valence-electron chi connectivity index (χ4n) is 2.27. The third-order valence-electron chi connectivity index (χ3n) is 3.77. The molecular weight excluding hydrogens is 302 g/mol. The van der Waals surface area contributed by atoms with Gasteiger partial charge in [0.05, 0.1) is 17.1 Å². The van der Waals surface area contributed by atoms with Crippen LogP contribution in [0.1, 0.15) is 19.3 Å². The molecule has 0 atom stereocenters. The summed E-state index contributed by atoms with van der Waals surface area (Å²) in [6, 6.07) is 14.5. The Labute approximate surface area is 121 Å². The molecule has 19 heavy (non-hydrogen) atoms. The average molecular weight is 316 g/mol. The van der Waals surface area contributed by atoms with E-state index in [2.05, 4.69) is 40.2 Å². The Balaban J connectivity index is 1.82. The summed E-state index contributed by atoms with van der Waals surface area (Å²) in [5.74, 6) is 0.864. The fraction of sp³-hybridized carbons (Fsp3) is 0.312. The summed E-state index contributed by atoms with van der Waals surface area (Å²) >= 11 is 3.62. The van der Waals surface area contributed by atoms with Gasteiger partial charge in [-0.15, -0.1) is 0 Å². The molecule has 0 heterocycles. The van der Waals surface area contributed by atoms with E-state index in [4.69, 9.17) is 10.00 Å². The molecule has 1 aliphatic carbocycles. The molecule has 0 aliphatic heterocycles.